The lowest BCUT2D eigenvalue weighted by molar-refractivity contribution is -0.246. The minimum absolute atomic E-state index is 0.0335. The average molecular weight is 564 g/mol. The Bertz CT molecular complexity index is 944. The van der Waals surface area contributed by atoms with Gasteiger partial charge in [0.05, 0.1) is 4.83 Å². The largest absolute Gasteiger partial charge is 0.462 e. The predicted octanol–water partition coefficient (Wildman–Crippen LogP) is 8.23. The molecule has 36 heavy (non-hydrogen) atoms. The van der Waals surface area contributed by atoms with Crippen LogP contribution in [0.5, 0.6) is 0 Å². The van der Waals surface area contributed by atoms with Crippen molar-refractivity contribution in [3.63, 3.8) is 0 Å². The first-order chi connectivity index (χ1) is 16.5. The van der Waals surface area contributed by atoms with Gasteiger partial charge in [-0.3, -0.25) is 9.59 Å². The zero-order valence-corrected chi connectivity index (χ0v) is 26.0. The van der Waals surface area contributed by atoms with Crippen LogP contribution in [0.3, 0.4) is 0 Å². The van der Waals surface area contributed by atoms with Gasteiger partial charge in [-0.15, -0.1) is 0 Å². The molecule has 0 aromatic heterocycles. The molecule has 0 amide bonds. The second kappa shape index (κ2) is 8.31. The number of fused-ring (bicyclic) bond motifs is 7. The second-order valence-corrected chi connectivity index (χ2v) is 16.7. The van der Waals surface area contributed by atoms with Crippen LogP contribution >= 0.6 is 15.9 Å². The standard InChI is InChI=1S/C32H51BrO3/c1-18-10-13-29(6)16-17-31(8)24(23(29)19(18)2)26(35)25(33)27-30(7)14-12-22(36-20(3)34)28(4,5)21(30)11-15-32(27,31)9/h18-19,21-25,27H,10-17H2,1-9H3. The highest BCUT2D eigenvalue weighted by molar-refractivity contribution is 9.10. The van der Waals surface area contributed by atoms with Gasteiger partial charge in [0.25, 0.3) is 0 Å². The molecule has 204 valence electrons. The van der Waals surface area contributed by atoms with E-state index in [0.717, 1.165) is 12.8 Å². The van der Waals surface area contributed by atoms with Crippen molar-refractivity contribution in [2.75, 3.05) is 0 Å². The van der Waals surface area contributed by atoms with Gasteiger partial charge in [0.1, 0.15) is 6.10 Å². The van der Waals surface area contributed by atoms with Gasteiger partial charge in [-0.1, -0.05) is 71.3 Å². The van der Waals surface area contributed by atoms with Gasteiger partial charge in [-0.25, -0.2) is 0 Å². The summed E-state index contributed by atoms with van der Waals surface area (Å²) in [6, 6.07) is 0. The molecular weight excluding hydrogens is 512 g/mol. The molecule has 0 aromatic rings. The summed E-state index contributed by atoms with van der Waals surface area (Å²) in [5, 5.41) is 0. The molecule has 5 rings (SSSR count). The number of rotatable bonds is 1. The SMILES string of the molecule is CC(=O)OC1CCC2(C)C(CCC3(C)C2C(Br)C(=O)C2C4C(C)C(C)CCC4(C)CCC23C)C1(C)C. The van der Waals surface area contributed by atoms with Crippen LogP contribution in [0.1, 0.15) is 114 Å². The van der Waals surface area contributed by atoms with Crippen molar-refractivity contribution in [2.45, 2.75) is 125 Å². The number of alkyl halides is 1. The molecule has 3 nitrogen and oxygen atoms in total. The van der Waals surface area contributed by atoms with E-state index < -0.39 is 0 Å². The molecule has 12 unspecified atom stereocenters. The van der Waals surface area contributed by atoms with Gasteiger partial charge in [0.15, 0.2) is 5.78 Å². The zero-order valence-electron chi connectivity index (χ0n) is 24.4. The molecule has 0 saturated heterocycles. The molecule has 0 heterocycles. The lowest BCUT2D eigenvalue weighted by Crippen LogP contribution is -2.72. The fourth-order valence-corrected chi connectivity index (χ4v) is 13.2. The Morgan fingerprint density at radius 2 is 1.56 bits per heavy atom. The van der Waals surface area contributed by atoms with E-state index in [2.05, 4.69) is 71.3 Å². The van der Waals surface area contributed by atoms with Crippen molar-refractivity contribution in [3.8, 4) is 0 Å². The van der Waals surface area contributed by atoms with Crippen LogP contribution in [0.15, 0.2) is 0 Å². The predicted molar refractivity (Wildman–Crippen MR) is 149 cm³/mol. The third kappa shape index (κ3) is 3.33. The maximum atomic E-state index is 14.7. The number of esters is 1. The Morgan fingerprint density at radius 1 is 0.889 bits per heavy atom. The third-order valence-electron chi connectivity index (χ3n) is 14.0. The molecule has 4 heteroatoms. The van der Waals surface area contributed by atoms with Gasteiger partial charge in [-0.2, -0.15) is 0 Å². The molecule has 0 aliphatic heterocycles. The number of ether oxygens (including phenoxy) is 1. The van der Waals surface area contributed by atoms with E-state index in [1.165, 1.54) is 38.5 Å². The fourth-order valence-electron chi connectivity index (χ4n) is 11.7. The van der Waals surface area contributed by atoms with Gasteiger partial charge < -0.3 is 4.74 Å². The number of carbonyl (C=O) groups excluding carboxylic acids is 2. The third-order valence-corrected chi connectivity index (χ3v) is 15.0. The molecule has 5 fully saturated rings. The van der Waals surface area contributed by atoms with Crippen LogP contribution in [-0.4, -0.2) is 22.7 Å². The van der Waals surface area contributed by atoms with Gasteiger partial charge in [-0.05, 0) is 103 Å². The summed E-state index contributed by atoms with van der Waals surface area (Å²) in [6.45, 7) is 21.2. The summed E-state index contributed by atoms with van der Waals surface area (Å²) in [6.07, 6.45) is 9.27. The Balaban J connectivity index is 1.58. The van der Waals surface area contributed by atoms with Crippen molar-refractivity contribution in [1.82, 2.24) is 0 Å². The van der Waals surface area contributed by atoms with Gasteiger partial charge in [0, 0.05) is 18.3 Å². The molecule has 5 aliphatic rings. The Kier molecular flexibility index (Phi) is 6.28. The van der Waals surface area contributed by atoms with E-state index in [1.807, 2.05) is 0 Å². The number of ketones is 1. The topological polar surface area (TPSA) is 43.4 Å². The van der Waals surface area contributed by atoms with E-state index in [4.69, 9.17) is 4.74 Å². The van der Waals surface area contributed by atoms with Crippen LogP contribution in [0, 0.1) is 62.6 Å². The first kappa shape index (κ1) is 27.2. The summed E-state index contributed by atoms with van der Waals surface area (Å²) in [5.41, 5.74) is 0.423. The first-order valence-electron chi connectivity index (χ1n) is 14.9. The number of carbonyl (C=O) groups is 2. The number of Topliss-reactive ketones (excluding diaryl/α,β-unsaturated/α-hetero) is 1. The first-order valence-corrected chi connectivity index (χ1v) is 15.8. The average Bonchev–Trinajstić information content (AvgIpc) is 2.78. The summed E-state index contributed by atoms with van der Waals surface area (Å²) in [4.78, 5) is 26.5. The fraction of sp³-hybridized carbons (Fsp3) is 0.938. The molecule has 0 spiro atoms. The minimum atomic E-state index is -0.167. The van der Waals surface area contributed by atoms with Crippen molar-refractivity contribution in [2.24, 2.45) is 62.6 Å². The minimum Gasteiger partial charge on any atom is -0.462 e. The monoisotopic (exact) mass is 562 g/mol. The van der Waals surface area contributed by atoms with Crippen LogP contribution in [-0.2, 0) is 14.3 Å². The molecular formula is C32H51BrO3. The van der Waals surface area contributed by atoms with Crippen LogP contribution in [0.2, 0.25) is 0 Å². The normalized spacial score (nSPS) is 56.0. The summed E-state index contributed by atoms with van der Waals surface area (Å²) in [7, 11) is 0. The molecule has 0 aromatic carbocycles. The highest BCUT2D eigenvalue weighted by Gasteiger charge is 2.74. The van der Waals surface area contributed by atoms with Crippen molar-refractivity contribution in [3.05, 3.63) is 0 Å². The number of hydrogen-bond acceptors (Lipinski definition) is 3. The van der Waals surface area contributed by atoms with E-state index in [1.54, 1.807) is 6.92 Å². The summed E-state index contributed by atoms with van der Waals surface area (Å²) >= 11 is 4.14. The van der Waals surface area contributed by atoms with E-state index in [9.17, 15) is 9.59 Å². The van der Waals surface area contributed by atoms with Gasteiger partial charge in [0.2, 0.25) is 0 Å². The maximum absolute atomic E-state index is 14.7. The zero-order chi connectivity index (χ0) is 26.6. The molecule has 5 aliphatic carbocycles. The van der Waals surface area contributed by atoms with E-state index in [-0.39, 0.29) is 44.5 Å². The van der Waals surface area contributed by atoms with Gasteiger partial charge >= 0.3 is 5.97 Å². The summed E-state index contributed by atoms with van der Waals surface area (Å²) < 4.78 is 5.89. The molecule has 12 atom stereocenters. The van der Waals surface area contributed by atoms with E-state index >= 15 is 0 Å². The Labute approximate surface area is 228 Å². The molecule has 0 bridgehead atoms. The lowest BCUT2D eigenvalue weighted by atomic mass is 9.31. The van der Waals surface area contributed by atoms with Crippen molar-refractivity contribution >= 4 is 27.7 Å². The molecule has 0 N–H and O–H groups in total. The smallest absolute Gasteiger partial charge is 0.302 e. The highest BCUT2D eigenvalue weighted by atomic mass is 79.9. The van der Waals surface area contributed by atoms with E-state index in [0.29, 0.717) is 40.8 Å². The molecule has 5 saturated carbocycles. The van der Waals surface area contributed by atoms with Crippen LogP contribution in [0.4, 0.5) is 0 Å². The number of hydrogen-bond donors (Lipinski definition) is 0. The maximum Gasteiger partial charge on any atom is 0.302 e. The number of halogens is 1. The summed E-state index contributed by atoms with van der Waals surface area (Å²) in [5.74, 6) is 3.05. The quantitative estimate of drug-likeness (QED) is 0.238. The van der Waals surface area contributed by atoms with Crippen LogP contribution < -0.4 is 0 Å². The lowest BCUT2D eigenvalue weighted by Gasteiger charge is -2.74. The second-order valence-electron chi connectivity index (χ2n) is 15.7. The highest BCUT2D eigenvalue weighted by Crippen LogP contribution is 2.77. The van der Waals surface area contributed by atoms with Crippen molar-refractivity contribution in [1.29, 1.82) is 0 Å². The van der Waals surface area contributed by atoms with Crippen molar-refractivity contribution < 1.29 is 14.3 Å². The van der Waals surface area contributed by atoms with Crippen LogP contribution in [0.25, 0.3) is 0 Å². The Morgan fingerprint density at radius 3 is 2.19 bits per heavy atom. The Hall–Kier alpha value is -0.380. The molecule has 0 radical (unpaired) electrons.